The van der Waals surface area contributed by atoms with Crippen LogP contribution < -0.4 is 21.5 Å². The van der Waals surface area contributed by atoms with Gasteiger partial charge in [0.15, 0.2) is 5.52 Å². The van der Waals surface area contributed by atoms with Crippen LogP contribution in [0.25, 0.3) is 16.9 Å². The van der Waals surface area contributed by atoms with Crippen molar-refractivity contribution in [2.45, 2.75) is 18.6 Å². The molecule has 1 aliphatic carbocycles. The molecule has 11 heteroatoms. The SMILES string of the molecule is CNc1cc(Nc2cccn(-c3ccccn3)c2=O)nc2c(C(=O)NC3C[C@H]3OC)onc12. The Labute approximate surface area is 187 Å². The molecular weight excluding hydrogens is 426 g/mol. The quantitative estimate of drug-likeness (QED) is 0.389. The van der Waals surface area contributed by atoms with E-state index >= 15 is 0 Å². The molecule has 168 valence electrons. The molecule has 0 radical (unpaired) electrons. The molecule has 0 aliphatic heterocycles. The van der Waals surface area contributed by atoms with Gasteiger partial charge in [0.2, 0.25) is 5.76 Å². The summed E-state index contributed by atoms with van der Waals surface area (Å²) in [4.78, 5) is 34.5. The minimum absolute atomic E-state index is 0.000507. The summed E-state index contributed by atoms with van der Waals surface area (Å²) >= 11 is 0. The molecule has 1 fully saturated rings. The fourth-order valence-electron chi connectivity index (χ4n) is 3.55. The zero-order chi connectivity index (χ0) is 22.9. The maximum Gasteiger partial charge on any atom is 0.292 e. The molecular formula is C22H21N7O4. The van der Waals surface area contributed by atoms with E-state index in [1.165, 1.54) is 4.57 Å². The Morgan fingerprint density at radius 2 is 2.09 bits per heavy atom. The van der Waals surface area contributed by atoms with Gasteiger partial charge in [-0.15, -0.1) is 0 Å². The fraction of sp³-hybridized carbons (Fsp3) is 0.227. The Balaban J connectivity index is 1.49. The average molecular weight is 447 g/mol. The van der Waals surface area contributed by atoms with Gasteiger partial charge in [0.1, 0.15) is 22.8 Å². The Hall–Kier alpha value is -4.25. The van der Waals surface area contributed by atoms with Crippen LogP contribution in [0.4, 0.5) is 17.2 Å². The number of amides is 1. The van der Waals surface area contributed by atoms with Crippen molar-refractivity contribution in [3.63, 3.8) is 0 Å². The number of carbonyl (C=O) groups excluding carboxylic acids is 1. The highest BCUT2D eigenvalue weighted by Crippen LogP contribution is 2.29. The second-order valence-corrected chi connectivity index (χ2v) is 7.51. The normalized spacial score (nSPS) is 17.0. The summed E-state index contributed by atoms with van der Waals surface area (Å²) < 4.78 is 12.0. The van der Waals surface area contributed by atoms with E-state index in [0.29, 0.717) is 28.5 Å². The van der Waals surface area contributed by atoms with Crippen LogP contribution in [0.2, 0.25) is 0 Å². The van der Waals surface area contributed by atoms with Gasteiger partial charge in [-0.05, 0) is 30.7 Å². The molecule has 4 aromatic rings. The second-order valence-electron chi connectivity index (χ2n) is 7.51. The van der Waals surface area contributed by atoms with E-state index in [2.05, 4.69) is 31.1 Å². The lowest BCUT2D eigenvalue weighted by Gasteiger charge is -2.10. The highest BCUT2D eigenvalue weighted by Gasteiger charge is 2.39. The molecule has 1 saturated carbocycles. The van der Waals surface area contributed by atoms with E-state index in [1.807, 2.05) is 0 Å². The average Bonchev–Trinajstić information content (AvgIpc) is 3.45. The molecule has 0 saturated heterocycles. The molecule has 1 amide bonds. The molecule has 0 spiro atoms. The van der Waals surface area contributed by atoms with Gasteiger partial charge in [-0.2, -0.15) is 0 Å². The number of carbonyl (C=O) groups is 1. The molecule has 4 aromatic heterocycles. The lowest BCUT2D eigenvalue weighted by Crippen LogP contribution is -2.28. The molecule has 33 heavy (non-hydrogen) atoms. The first-order valence-electron chi connectivity index (χ1n) is 10.3. The number of aromatic nitrogens is 4. The molecule has 0 bridgehead atoms. The summed E-state index contributed by atoms with van der Waals surface area (Å²) in [7, 11) is 3.32. The van der Waals surface area contributed by atoms with Crippen molar-refractivity contribution in [1.82, 2.24) is 25.0 Å². The van der Waals surface area contributed by atoms with Gasteiger partial charge in [0, 0.05) is 32.6 Å². The van der Waals surface area contributed by atoms with Crippen LogP contribution in [0.15, 0.2) is 58.1 Å². The summed E-state index contributed by atoms with van der Waals surface area (Å²) in [5.41, 5.74) is 1.27. The fourth-order valence-corrected chi connectivity index (χ4v) is 3.55. The number of fused-ring (bicyclic) bond motifs is 1. The lowest BCUT2D eigenvalue weighted by atomic mass is 10.2. The maximum absolute atomic E-state index is 13.0. The summed E-state index contributed by atoms with van der Waals surface area (Å²) in [5, 5.41) is 12.9. The molecule has 0 aromatic carbocycles. The van der Waals surface area contributed by atoms with Crippen molar-refractivity contribution in [3.05, 3.63) is 64.9 Å². The van der Waals surface area contributed by atoms with Crippen LogP contribution in [0.5, 0.6) is 0 Å². The van der Waals surface area contributed by atoms with E-state index in [9.17, 15) is 9.59 Å². The van der Waals surface area contributed by atoms with E-state index < -0.39 is 5.91 Å². The minimum Gasteiger partial charge on any atom is -0.386 e. The zero-order valence-corrected chi connectivity index (χ0v) is 17.9. The first-order valence-corrected chi connectivity index (χ1v) is 10.3. The van der Waals surface area contributed by atoms with Crippen LogP contribution in [-0.2, 0) is 4.74 Å². The Morgan fingerprint density at radius 1 is 1.21 bits per heavy atom. The summed E-state index contributed by atoms with van der Waals surface area (Å²) in [6.07, 6.45) is 4.00. The zero-order valence-electron chi connectivity index (χ0n) is 17.9. The highest BCUT2D eigenvalue weighted by molar-refractivity contribution is 6.05. The van der Waals surface area contributed by atoms with Gasteiger partial charge in [0.25, 0.3) is 11.5 Å². The number of methoxy groups -OCH3 is 1. The van der Waals surface area contributed by atoms with Crippen LogP contribution >= 0.6 is 0 Å². The molecule has 11 nitrogen and oxygen atoms in total. The first kappa shape index (κ1) is 20.6. The monoisotopic (exact) mass is 447 g/mol. The molecule has 4 heterocycles. The largest absolute Gasteiger partial charge is 0.386 e. The van der Waals surface area contributed by atoms with E-state index in [0.717, 1.165) is 6.42 Å². The third-order valence-corrected chi connectivity index (χ3v) is 5.37. The number of hydrogen-bond donors (Lipinski definition) is 3. The van der Waals surface area contributed by atoms with Crippen molar-refractivity contribution >= 4 is 34.1 Å². The van der Waals surface area contributed by atoms with Gasteiger partial charge in [-0.25, -0.2) is 9.97 Å². The molecule has 1 aliphatic rings. The van der Waals surface area contributed by atoms with Gasteiger partial charge >= 0.3 is 0 Å². The number of pyridine rings is 3. The van der Waals surface area contributed by atoms with Crippen LogP contribution in [-0.4, -0.2) is 51.9 Å². The number of anilines is 3. The first-order chi connectivity index (χ1) is 16.1. The number of ether oxygens (including phenoxy) is 1. The second kappa shape index (κ2) is 8.36. The molecule has 5 rings (SSSR count). The maximum atomic E-state index is 13.0. The molecule has 2 atom stereocenters. The number of rotatable bonds is 7. The number of nitrogens with zero attached hydrogens (tertiary/aromatic N) is 4. The van der Waals surface area contributed by atoms with E-state index in [1.54, 1.807) is 62.9 Å². The van der Waals surface area contributed by atoms with Crippen LogP contribution in [0.1, 0.15) is 17.0 Å². The van der Waals surface area contributed by atoms with Gasteiger partial charge in [0.05, 0.1) is 17.8 Å². The third-order valence-electron chi connectivity index (χ3n) is 5.37. The minimum atomic E-state index is -0.425. The summed E-state index contributed by atoms with van der Waals surface area (Å²) in [6.45, 7) is 0. The topological polar surface area (TPSA) is 136 Å². The smallest absolute Gasteiger partial charge is 0.292 e. The molecule has 1 unspecified atom stereocenters. The third kappa shape index (κ3) is 3.89. The Kier molecular flexibility index (Phi) is 5.23. The number of nitrogens with one attached hydrogen (secondary N) is 3. The summed E-state index contributed by atoms with van der Waals surface area (Å²) in [5.74, 6) is 0.413. The molecule has 3 N–H and O–H groups in total. The predicted octanol–water partition coefficient (Wildman–Crippen LogP) is 2.07. The lowest BCUT2D eigenvalue weighted by molar-refractivity contribution is 0.0900. The van der Waals surface area contributed by atoms with Crippen molar-refractivity contribution in [2.75, 3.05) is 24.8 Å². The van der Waals surface area contributed by atoms with Crippen LogP contribution in [0, 0.1) is 0 Å². The summed E-state index contributed by atoms with van der Waals surface area (Å²) in [6, 6.07) is 10.3. The van der Waals surface area contributed by atoms with Crippen molar-refractivity contribution < 1.29 is 14.1 Å². The number of hydrogen-bond acceptors (Lipinski definition) is 9. The predicted molar refractivity (Wildman–Crippen MR) is 121 cm³/mol. The highest BCUT2D eigenvalue weighted by atomic mass is 16.5. The Morgan fingerprint density at radius 3 is 2.82 bits per heavy atom. The van der Waals surface area contributed by atoms with Gasteiger partial charge < -0.3 is 25.2 Å². The van der Waals surface area contributed by atoms with Gasteiger partial charge in [-0.1, -0.05) is 11.2 Å². The van der Waals surface area contributed by atoms with Crippen molar-refractivity contribution in [1.29, 1.82) is 0 Å². The van der Waals surface area contributed by atoms with E-state index in [-0.39, 0.29) is 29.0 Å². The van der Waals surface area contributed by atoms with E-state index in [4.69, 9.17) is 9.26 Å². The van der Waals surface area contributed by atoms with Crippen molar-refractivity contribution in [3.8, 4) is 5.82 Å². The Bertz CT molecular complexity index is 1380. The van der Waals surface area contributed by atoms with Gasteiger partial charge in [-0.3, -0.25) is 14.2 Å². The van der Waals surface area contributed by atoms with Crippen LogP contribution in [0.3, 0.4) is 0 Å². The van der Waals surface area contributed by atoms with Crippen molar-refractivity contribution in [2.24, 2.45) is 0 Å². The standard InChI is InChI=1S/C22H21N7O4/c1-23-14-11-16(25-12-6-5-9-29(22(12)31)17-7-3-4-8-24-17)27-19-18(14)28-33-20(19)21(30)26-13-10-15(13)32-2/h3-9,11,13,15,23H,10H2,1-2H3,(H,25,27)(H,26,30)/t13?,15-/m1/s1.